The minimum atomic E-state index is -0.729. The Morgan fingerprint density at radius 1 is 1.39 bits per heavy atom. The van der Waals surface area contributed by atoms with E-state index in [0.29, 0.717) is 6.61 Å². The number of hydrogen-bond acceptors (Lipinski definition) is 7. The van der Waals surface area contributed by atoms with Gasteiger partial charge in [-0.25, -0.2) is 0 Å². The summed E-state index contributed by atoms with van der Waals surface area (Å²) < 4.78 is 10.6. The van der Waals surface area contributed by atoms with Gasteiger partial charge in [0.1, 0.15) is 5.92 Å². The van der Waals surface area contributed by atoms with Gasteiger partial charge in [0.15, 0.2) is 5.75 Å². The van der Waals surface area contributed by atoms with Gasteiger partial charge < -0.3 is 19.3 Å². The zero-order chi connectivity index (χ0) is 16.4. The predicted molar refractivity (Wildman–Crippen MR) is 82.3 cm³/mol. The van der Waals surface area contributed by atoms with Crippen molar-refractivity contribution in [3.05, 3.63) is 28.3 Å². The van der Waals surface area contributed by atoms with Crippen LogP contribution in [0.3, 0.4) is 0 Å². The first-order valence-corrected chi connectivity index (χ1v) is 7.48. The van der Waals surface area contributed by atoms with Crippen molar-refractivity contribution < 1.29 is 14.4 Å². The summed E-state index contributed by atoms with van der Waals surface area (Å²) in [4.78, 5) is 15.2. The Balaban J connectivity index is 1.79. The van der Waals surface area contributed by atoms with Crippen molar-refractivity contribution in [2.45, 2.75) is 6.29 Å². The van der Waals surface area contributed by atoms with Crippen LogP contribution in [-0.2, 0) is 4.74 Å². The minimum absolute atomic E-state index is 0.103. The SMILES string of the molecule is CN1CCN(c2ccc(OC3OCC3C#N)c([N+](=O)[O-])c2)CC1. The molecule has 0 spiro atoms. The molecule has 8 nitrogen and oxygen atoms in total. The van der Waals surface area contributed by atoms with E-state index in [-0.39, 0.29) is 17.4 Å². The Morgan fingerprint density at radius 2 is 2.13 bits per heavy atom. The molecule has 0 amide bonds. The predicted octanol–water partition coefficient (Wildman–Crippen LogP) is 1.22. The second-order valence-electron chi connectivity index (χ2n) is 5.75. The molecule has 2 aliphatic heterocycles. The van der Waals surface area contributed by atoms with E-state index < -0.39 is 11.2 Å². The van der Waals surface area contributed by atoms with Gasteiger partial charge in [0.2, 0.25) is 6.29 Å². The van der Waals surface area contributed by atoms with Crippen LogP contribution in [0.2, 0.25) is 0 Å². The van der Waals surface area contributed by atoms with E-state index in [1.54, 1.807) is 6.07 Å². The Morgan fingerprint density at radius 3 is 2.70 bits per heavy atom. The fourth-order valence-electron chi connectivity index (χ4n) is 2.62. The zero-order valence-electron chi connectivity index (χ0n) is 12.8. The number of ether oxygens (including phenoxy) is 2. The fraction of sp³-hybridized carbons (Fsp3) is 0.533. The highest BCUT2D eigenvalue weighted by atomic mass is 16.7. The van der Waals surface area contributed by atoms with Crippen molar-refractivity contribution in [3.8, 4) is 11.8 Å². The first-order chi connectivity index (χ1) is 11.1. The molecular formula is C15H18N4O4. The van der Waals surface area contributed by atoms with Crippen molar-refractivity contribution in [2.24, 2.45) is 5.92 Å². The summed E-state index contributed by atoms with van der Waals surface area (Å²) in [5.74, 6) is -0.246. The van der Waals surface area contributed by atoms with E-state index in [1.165, 1.54) is 6.07 Å². The lowest BCUT2D eigenvalue weighted by molar-refractivity contribution is -0.386. The average molecular weight is 318 g/mol. The highest BCUT2D eigenvalue weighted by molar-refractivity contribution is 5.60. The highest BCUT2D eigenvalue weighted by Gasteiger charge is 2.36. The number of piperazine rings is 1. The number of benzene rings is 1. The maximum atomic E-state index is 11.3. The number of likely N-dealkylation sites (N-methyl/N-ethyl adjacent to an activating group) is 1. The Kier molecular flexibility index (Phi) is 4.32. The standard InChI is InChI=1S/C15H18N4O4/c1-17-4-6-18(7-5-17)12-2-3-14(13(8-12)19(20)21)23-15-11(9-16)10-22-15/h2-3,8,11,15H,4-7,10H2,1H3. The van der Waals surface area contributed by atoms with E-state index in [2.05, 4.69) is 22.9 Å². The molecule has 2 aliphatic rings. The van der Waals surface area contributed by atoms with Crippen LogP contribution < -0.4 is 9.64 Å². The molecule has 8 heteroatoms. The number of hydrogen-bond donors (Lipinski definition) is 0. The summed E-state index contributed by atoms with van der Waals surface area (Å²) in [6, 6.07) is 6.98. The van der Waals surface area contributed by atoms with Crippen molar-refractivity contribution in [2.75, 3.05) is 44.7 Å². The van der Waals surface area contributed by atoms with Gasteiger partial charge in [-0.3, -0.25) is 10.1 Å². The molecule has 122 valence electrons. The monoisotopic (exact) mass is 318 g/mol. The number of nitrogens with zero attached hydrogens (tertiary/aromatic N) is 4. The van der Waals surface area contributed by atoms with Crippen LogP contribution in [0.1, 0.15) is 0 Å². The van der Waals surface area contributed by atoms with Gasteiger partial charge in [0, 0.05) is 37.9 Å². The number of nitro benzene ring substituents is 1. The van der Waals surface area contributed by atoms with Crippen LogP contribution in [0.25, 0.3) is 0 Å². The molecule has 2 unspecified atom stereocenters. The number of nitriles is 1. The Bertz CT molecular complexity index is 637. The highest BCUT2D eigenvalue weighted by Crippen LogP contribution is 2.35. The Hall–Kier alpha value is -2.37. The molecule has 23 heavy (non-hydrogen) atoms. The third-order valence-corrected chi connectivity index (χ3v) is 4.19. The molecule has 2 fully saturated rings. The van der Waals surface area contributed by atoms with Gasteiger partial charge in [0.05, 0.1) is 17.6 Å². The lowest BCUT2D eigenvalue weighted by Gasteiger charge is -2.34. The van der Waals surface area contributed by atoms with Gasteiger partial charge in [0.25, 0.3) is 0 Å². The number of anilines is 1. The third-order valence-electron chi connectivity index (χ3n) is 4.19. The molecule has 2 atom stereocenters. The quantitative estimate of drug-likeness (QED) is 0.609. The normalized spacial score (nSPS) is 24.6. The second kappa shape index (κ2) is 6.40. The van der Waals surface area contributed by atoms with Gasteiger partial charge >= 0.3 is 5.69 Å². The van der Waals surface area contributed by atoms with Crippen molar-refractivity contribution in [1.82, 2.24) is 4.90 Å². The molecule has 0 aliphatic carbocycles. The molecule has 1 aromatic carbocycles. The molecule has 0 saturated carbocycles. The zero-order valence-corrected chi connectivity index (χ0v) is 12.8. The number of rotatable bonds is 4. The largest absolute Gasteiger partial charge is 0.456 e. The molecule has 0 bridgehead atoms. The summed E-state index contributed by atoms with van der Waals surface area (Å²) in [7, 11) is 2.06. The fourth-order valence-corrected chi connectivity index (χ4v) is 2.62. The molecule has 3 rings (SSSR count). The van der Waals surface area contributed by atoms with E-state index in [4.69, 9.17) is 14.7 Å². The first kappa shape index (κ1) is 15.5. The van der Waals surface area contributed by atoms with E-state index in [1.807, 2.05) is 6.07 Å². The van der Waals surface area contributed by atoms with Gasteiger partial charge in [-0.2, -0.15) is 5.26 Å². The van der Waals surface area contributed by atoms with E-state index in [0.717, 1.165) is 31.9 Å². The van der Waals surface area contributed by atoms with Gasteiger partial charge in [-0.1, -0.05) is 0 Å². The van der Waals surface area contributed by atoms with Gasteiger partial charge in [-0.05, 0) is 19.2 Å². The Labute approximate surface area is 133 Å². The van der Waals surface area contributed by atoms with Crippen LogP contribution in [-0.4, -0.2) is 55.9 Å². The van der Waals surface area contributed by atoms with Crippen LogP contribution in [0.4, 0.5) is 11.4 Å². The average Bonchev–Trinajstić information content (AvgIpc) is 2.52. The lowest BCUT2D eigenvalue weighted by atomic mass is 10.1. The summed E-state index contributed by atoms with van der Waals surface area (Å²) in [5.41, 5.74) is 0.706. The van der Waals surface area contributed by atoms with Crippen molar-refractivity contribution in [3.63, 3.8) is 0 Å². The molecule has 2 heterocycles. The summed E-state index contributed by atoms with van der Waals surface area (Å²) in [6.07, 6.45) is -0.729. The van der Waals surface area contributed by atoms with Crippen LogP contribution in [0.15, 0.2) is 18.2 Å². The third kappa shape index (κ3) is 3.21. The van der Waals surface area contributed by atoms with Crippen LogP contribution in [0.5, 0.6) is 5.75 Å². The molecule has 0 aromatic heterocycles. The summed E-state index contributed by atoms with van der Waals surface area (Å²) >= 11 is 0. The van der Waals surface area contributed by atoms with Crippen LogP contribution in [0, 0.1) is 27.4 Å². The molecule has 2 saturated heterocycles. The van der Waals surface area contributed by atoms with Gasteiger partial charge in [-0.15, -0.1) is 0 Å². The minimum Gasteiger partial charge on any atom is -0.456 e. The maximum Gasteiger partial charge on any atom is 0.313 e. The second-order valence-corrected chi connectivity index (χ2v) is 5.75. The van der Waals surface area contributed by atoms with E-state index >= 15 is 0 Å². The molecule has 0 radical (unpaired) electrons. The molecule has 0 N–H and O–H groups in total. The number of nitro groups is 1. The lowest BCUT2D eigenvalue weighted by Crippen LogP contribution is -2.44. The summed E-state index contributed by atoms with van der Waals surface area (Å²) in [5, 5.41) is 20.2. The smallest absolute Gasteiger partial charge is 0.313 e. The van der Waals surface area contributed by atoms with Crippen molar-refractivity contribution in [1.29, 1.82) is 5.26 Å². The molecule has 1 aromatic rings. The first-order valence-electron chi connectivity index (χ1n) is 7.48. The molecular weight excluding hydrogens is 300 g/mol. The van der Waals surface area contributed by atoms with E-state index in [9.17, 15) is 10.1 Å². The summed E-state index contributed by atoms with van der Waals surface area (Å²) in [6.45, 7) is 3.80. The van der Waals surface area contributed by atoms with Crippen LogP contribution >= 0.6 is 0 Å². The topological polar surface area (TPSA) is 91.9 Å². The maximum absolute atomic E-state index is 11.3. The van der Waals surface area contributed by atoms with Crippen molar-refractivity contribution >= 4 is 11.4 Å².